The Labute approximate surface area is 115 Å². The van der Waals surface area contributed by atoms with E-state index in [0.717, 1.165) is 18.7 Å². The zero-order valence-electron chi connectivity index (χ0n) is 9.89. The number of nitrogens with one attached hydrogen (secondary N) is 1. The van der Waals surface area contributed by atoms with Gasteiger partial charge in [0.1, 0.15) is 0 Å². The van der Waals surface area contributed by atoms with Crippen molar-refractivity contribution in [1.82, 2.24) is 0 Å². The zero-order chi connectivity index (χ0) is 13.3. The molecule has 1 aliphatic rings. The van der Waals surface area contributed by atoms with Crippen LogP contribution in [0.5, 0.6) is 0 Å². The van der Waals surface area contributed by atoms with E-state index in [4.69, 9.17) is 9.88 Å². The van der Waals surface area contributed by atoms with Gasteiger partial charge in [0.05, 0.1) is 17.0 Å². The number of primary sulfonamides is 1. The highest BCUT2D eigenvalue weighted by Gasteiger charge is 2.24. The molecule has 7 heteroatoms. The van der Waals surface area contributed by atoms with Crippen LogP contribution in [0.2, 0.25) is 0 Å². The lowest BCUT2D eigenvalue weighted by Crippen LogP contribution is -2.26. The molecule has 1 aliphatic heterocycles. The highest BCUT2D eigenvalue weighted by Crippen LogP contribution is 2.28. The molecule has 2 atom stereocenters. The summed E-state index contributed by atoms with van der Waals surface area (Å²) in [6.45, 7) is 2.75. The quantitative estimate of drug-likeness (QED) is 0.881. The minimum Gasteiger partial charge on any atom is -0.379 e. The maximum atomic E-state index is 11.2. The van der Waals surface area contributed by atoms with E-state index in [2.05, 4.69) is 21.2 Å². The van der Waals surface area contributed by atoms with Gasteiger partial charge in [-0.05, 0) is 47.5 Å². The summed E-state index contributed by atoms with van der Waals surface area (Å²) in [7, 11) is -3.66. The second-order valence-electron chi connectivity index (χ2n) is 4.30. The number of sulfonamides is 1. The number of nitrogens with two attached hydrogens (primary N) is 1. The molecule has 0 amide bonds. The average Bonchev–Trinajstić information content (AvgIpc) is 2.66. The van der Waals surface area contributed by atoms with E-state index in [1.54, 1.807) is 6.07 Å². The molecular weight excluding hydrogens is 320 g/mol. The van der Waals surface area contributed by atoms with Gasteiger partial charge in [0, 0.05) is 16.8 Å². The van der Waals surface area contributed by atoms with Crippen molar-refractivity contribution in [3.63, 3.8) is 0 Å². The van der Waals surface area contributed by atoms with Crippen LogP contribution in [-0.2, 0) is 14.8 Å². The third-order valence-electron chi connectivity index (χ3n) is 2.99. The third-order valence-corrected chi connectivity index (χ3v) is 4.55. The first-order valence-corrected chi connectivity index (χ1v) is 7.92. The van der Waals surface area contributed by atoms with Gasteiger partial charge in [0.25, 0.3) is 0 Å². The molecule has 5 nitrogen and oxygen atoms in total. The second kappa shape index (κ2) is 5.16. The summed E-state index contributed by atoms with van der Waals surface area (Å²) in [6, 6.07) is 4.93. The lowest BCUT2D eigenvalue weighted by molar-refractivity contribution is 0.121. The molecule has 0 spiro atoms. The second-order valence-corrected chi connectivity index (χ2v) is 6.72. The van der Waals surface area contributed by atoms with Gasteiger partial charge in [0.2, 0.25) is 10.0 Å². The predicted octanol–water partition coefficient (Wildman–Crippen LogP) is 1.69. The van der Waals surface area contributed by atoms with Gasteiger partial charge in [-0.15, -0.1) is 0 Å². The molecule has 18 heavy (non-hydrogen) atoms. The molecule has 2 unspecified atom stereocenters. The molecule has 0 aromatic heterocycles. The van der Waals surface area contributed by atoms with E-state index in [9.17, 15) is 8.42 Å². The van der Waals surface area contributed by atoms with Crippen molar-refractivity contribution in [2.45, 2.75) is 30.4 Å². The third kappa shape index (κ3) is 3.03. The zero-order valence-corrected chi connectivity index (χ0v) is 12.3. The smallest absolute Gasteiger partial charge is 0.238 e. The van der Waals surface area contributed by atoms with Crippen LogP contribution < -0.4 is 10.5 Å². The molecule has 0 bridgehead atoms. The summed E-state index contributed by atoms with van der Waals surface area (Å²) in [4.78, 5) is 0.0932. The van der Waals surface area contributed by atoms with Crippen molar-refractivity contribution in [3.8, 4) is 0 Å². The van der Waals surface area contributed by atoms with Crippen molar-refractivity contribution in [1.29, 1.82) is 0 Å². The largest absolute Gasteiger partial charge is 0.379 e. The van der Waals surface area contributed by atoms with Gasteiger partial charge in [0.15, 0.2) is 0 Å². The van der Waals surface area contributed by atoms with Crippen LogP contribution in [0.25, 0.3) is 0 Å². The molecule has 1 saturated heterocycles. The standard InChI is InChI=1S/C11H15BrN2O3S/c1-7-10(4-5-17-7)14-11-3-2-8(6-9(11)12)18(13,15)16/h2-3,6-7,10,14H,4-5H2,1H3,(H2,13,15,16). The Morgan fingerprint density at radius 3 is 2.72 bits per heavy atom. The summed E-state index contributed by atoms with van der Waals surface area (Å²) in [6.07, 6.45) is 1.08. The predicted molar refractivity (Wildman–Crippen MR) is 73.0 cm³/mol. The number of ether oxygens (including phenoxy) is 1. The monoisotopic (exact) mass is 334 g/mol. The number of hydrogen-bond donors (Lipinski definition) is 2. The fourth-order valence-corrected chi connectivity index (χ4v) is 3.10. The number of benzene rings is 1. The van der Waals surface area contributed by atoms with Gasteiger partial charge in [-0.3, -0.25) is 0 Å². The molecular formula is C11H15BrN2O3S. The lowest BCUT2D eigenvalue weighted by Gasteiger charge is -2.18. The van der Waals surface area contributed by atoms with E-state index in [1.165, 1.54) is 12.1 Å². The molecule has 0 saturated carbocycles. The SMILES string of the molecule is CC1OCCC1Nc1ccc(S(N)(=O)=O)cc1Br. The van der Waals surface area contributed by atoms with Crippen LogP contribution in [0.1, 0.15) is 13.3 Å². The Kier molecular flexibility index (Phi) is 3.96. The molecule has 1 aromatic carbocycles. The van der Waals surface area contributed by atoms with Gasteiger partial charge >= 0.3 is 0 Å². The molecule has 2 rings (SSSR count). The van der Waals surface area contributed by atoms with E-state index in [1.807, 2.05) is 6.92 Å². The van der Waals surface area contributed by atoms with Crippen molar-refractivity contribution in [2.24, 2.45) is 5.14 Å². The fourth-order valence-electron chi connectivity index (χ4n) is 1.91. The summed E-state index contributed by atoms with van der Waals surface area (Å²) >= 11 is 3.34. The first-order chi connectivity index (χ1) is 8.38. The minimum absolute atomic E-state index is 0.0932. The van der Waals surface area contributed by atoms with Crippen molar-refractivity contribution < 1.29 is 13.2 Å². The number of halogens is 1. The first-order valence-electron chi connectivity index (χ1n) is 5.58. The lowest BCUT2D eigenvalue weighted by atomic mass is 10.1. The van der Waals surface area contributed by atoms with E-state index >= 15 is 0 Å². The molecule has 0 aliphatic carbocycles. The van der Waals surface area contributed by atoms with Crippen LogP contribution in [-0.4, -0.2) is 27.2 Å². The summed E-state index contributed by atoms with van der Waals surface area (Å²) in [5, 5.41) is 8.40. The Balaban J connectivity index is 2.20. The van der Waals surface area contributed by atoms with Crippen molar-refractivity contribution >= 4 is 31.6 Å². The number of rotatable bonds is 3. The van der Waals surface area contributed by atoms with Gasteiger partial charge in [-0.2, -0.15) is 0 Å². The van der Waals surface area contributed by atoms with E-state index in [-0.39, 0.29) is 17.0 Å². The molecule has 1 heterocycles. The Hall–Kier alpha value is -0.630. The van der Waals surface area contributed by atoms with E-state index < -0.39 is 10.0 Å². The van der Waals surface area contributed by atoms with Crippen molar-refractivity contribution in [3.05, 3.63) is 22.7 Å². The van der Waals surface area contributed by atoms with Crippen LogP contribution >= 0.6 is 15.9 Å². The first kappa shape index (κ1) is 13.8. The summed E-state index contributed by atoms with van der Waals surface area (Å²) < 4.78 is 28.6. The summed E-state index contributed by atoms with van der Waals surface area (Å²) in [5.74, 6) is 0. The normalized spacial score (nSPS) is 24.2. The van der Waals surface area contributed by atoms with Crippen LogP contribution in [0.4, 0.5) is 5.69 Å². The molecule has 1 aromatic rings. The Morgan fingerprint density at radius 1 is 1.50 bits per heavy atom. The molecule has 100 valence electrons. The Bertz CT molecular complexity index is 547. The highest BCUT2D eigenvalue weighted by molar-refractivity contribution is 9.10. The molecule has 0 radical (unpaired) electrons. The number of anilines is 1. The van der Waals surface area contributed by atoms with Crippen LogP contribution in [0.15, 0.2) is 27.6 Å². The van der Waals surface area contributed by atoms with Gasteiger partial charge < -0.3 is 10.1 Å². The Morgan fingerprint density at radius 2 is 2.22 bits per heavy atom. The summed E-state index contributed by atoms with van der Waals surface area (Å²) in [5.41, 5.74) is 0.838. The highest BCUT2D eigenvalue weighted by atomic mass is 79.9. The van der Waals surface area contributed by atoms with Gasteiger partial charge in [-0.1, -0.05) is 0 Å². The average molecular weight is 335 g/mol. The maximum absolute atomic E-state index is 11.2. The molecule has 3 N–H and O–H groups in total. The van der Waals surface area contributed by atoms with Crippen LogP contribution in [0, 0.1) is 0 Å². The van der Waals surface area contributed by atoms with Crippen molar-refractivity contribution in [2.75, 3.05) is 11.9 Å². The topological polar surface area (TPSA) is 81.4 Å². The maximum Gasteiger partial charge on any atom is 0.238 e. The fraction of sp³-hybridized carbons (Fsp3) is 0.455. The van der Waals surface area contributed by atoms with Crippen LogP contribution in [0.3, 0.4) is 0 Å². The number of hydrogen-bond acceptors (Lipinski definition) is 4. The van der Waals surface area contributed by atoms with Gasteiger partial charge in [-0.25, -0.2) is 13.6 Å². The molecule has 1 fully saturated rings. The van der Waals surface area contributed by atoms with E-state index in [0.29, 0.717) is 4.47 Å². The minimum atomic E-state index is -3.66.